The van der Waals surface area contributed by atoms with Gasteiger partial charge in [-0.2, -0.15) is 5.10 Å². The van der Waals surface area contributed by atoms with Crippen molar-refractivity contribution in [2.24, 2.45) is 0 Å². The van der Waals surface area contributed by atoms with Crippen molar-refractivity contribution in [2.75, 3.05) is 16.8 Å². The summed E-state index contributed by atoms with van der Waals surface area (Å²) >= 11 is 0. The van der Waals surface area contributed by atoms with Gasteiger partial charge in [0.1, 0.15) is 11.9 Å². The van der Waals surface area contributed by atoms with Crippen molar-refractivity contribution in [3.63, 3.8) is 0 Å². The number of carbonyl (C=O) groups excluding carboxylic acids is 1. The van der Waals surface area contributed by atoms with Crippen LogP contribution < -0.4 is 14.8 Å². The van der Waals surface area contributed by atoms with Crippen LogP contribution in [0.3, 0.4) is 0 Å². The molecule has 0 saturated carbocycles. The molecule has 1 aromatic heterocycles. The first-order valence-corrected chi connectivity index (χ1v) is 11.9. The Hall–Kier alpha value is -2.55. The first-order valence-electron chi connectivity index (χ1n) is 10.1. The number of para-hydroxylation sites is 2. The maximum absolute atomic E-state index is 13.1. The number of amides is 1. The Morgan fingerprint density at radius 1 is 1.20 bits per heavy atom. The number of fused-ring (bicyclic) bond motifs is 1. The van der Waals surface area contributed by atoms with E-state index in [1.54, 1.807) is 23.7 Å². The molecule has 0 bridgehead atoms. The number of carbonyl (C=O) groups is 1. The van der Waals surface area contributed by atoms with Gasteiger partial charge in [0.05, 0.1) is 23.2 Å². The largest absolute Gasteiger partial charge is 0.482 e. The fraction of sp³-hybridized carbons (Fsp3) is 0.524. The Balaban J connectivity index is 1.61. The van der Waals surface area contributed by atoms with Crippen molar-refractivity contribution in [3.05, 3.63) is 36.0 Å². The van der Waals surface area contributed by atoms with Gasteiger partial charge in [0.15, 0.2) is 21.3 Å². The van der Waals surface area contributed by atoms with Crippen LogP contribution in [0.15, 0.2) is 30.3 Å². The summed E-state index contributed by atoms with van der Waals surface area (Å²) in [6.07, 6.45) is -0.845. The van der Waals surface area contributed by atoms with Gasteiger partial charge in [-0.3, -0.25) is 4.79 Å². The third kappa shape index (κ3) is 4.03. The molecule has 2 aromatic rings. The number of rotatable bonds is 3. The van der Waals surface area contributed by atoms with E-state index in [9.17, 15) is 13.2 Å². The monoisotopic (exact) mass is 433 g/mol. The molecule has 162 valence electrons. The molecule has 8 nitrogen and oxygen atoms in total. The van der Waals surface area contributed by atoms with Gasteiger partial charge in [-0.1, -0.05) is 32.9 Å². The maximum atomic E-state index is 13.1. The van der Waals surface area contributed by atoms with Crippen LogP contribution in [-0.4, -0.2) is 47.8 Å². The second kappa shape index (κ2) is 7.30. The van der Waals surface area contributed by atoms with E-state index in [4.69, 9.17) is 9.47 Å². The average Bonchev–Trinajstić information content (AvgIpc) is 3.23. The highest BCUT2D eigenvalue weighted by Crippen LogP contribution is 2.35. The van der Waals surface area contributed by atoms with E-state index in [0.717, 1.165) is 5.69 Å². The predicted molar refractivity (Wildman–Crippen MR) is 113 cm³/mol. The van der Waals surface area contributed by atoms with Crippen LogP contribution in [0.5, 0.6) is 11.5 Å². The molecule has 2 aliphatic rings. The van der Waals surface area contributed by atoms with Gasteiger partial charge in [0, 0.05) is 11.5 Å². The molecular formula is C21H27N3O5S. The predicted octanol–water partition coefficient (Wildman–Crippen LogP) is 2.71. The van der Waals surface area contributed by atoms with Crippen molar-refractivity contribution in [1.29, 1.82) is 0 Å². The van der Waals surface area contributed by atoms with Crippen LogP contribution >= 0.6 is 0 Å². The van der Waals surface area contributed by atoms with Crippen molar-refractivity contribution < 1.29 is 22.7 Å². The standard InChI is InChI=1S/C21H27N3O5S/c1-13-19(29-16-8-6-5-7-15(16)28-13)20(25)22-18-11-17(21(2,3)4)23-24(18)14-9-10-30(26,27)12-14/h5-8,11,13-14,19H,9-10,12H2,1-4H3,(H,22,25). The quantitative estimate of drug-likeness (QED) is 0.799. The summed E-state index contributed by atoms with van der Waals surface area (Å²) in [4.78, 5) is 13.1. The lowest BCUT2D eigenvalue weighted by atomic mass is 9.92. The second-order valence-corrected chi connectivity index (χ2v) is 11.2. The van der Waals surface area contributed by atoms with E-state index in [1.165, 1.54) is 0 Å². The van der Waals surface area contributed by atoms with Gasteiger partial charge in [0.2, 0.25) is 6.10 Å². The zero-order valence-electron chi connectivity index (χ0n) is 17.6. The number of hydrogen-bond donors (Lipinski definition) is 1. The molecule has 3 heterocycles. The van der Waals surface area contributed by atoms with E-state index < -0.39 is 22.0 Å². The van der Waals surface area contributed by atoms with Crippen molar-refractivity contribution in [2.45, 2.75) is 57.8 Å². The number of sulfone groups is 1. The zero-order chi connectivity index (χ0) is 21.7. The summed E-state index contributed by atoms with van der Waals surface area (Å²) in [6, 6.07) is 8.72. The molecule has 1 N–H and O–H groups in total. The summed E-state index contributed by atoms with van der Waals surface area (Å²) in [6.45, 7) is 7.84. The first-order chi connectivity index (χ1) is 14.0. The van der Waals surface area contributed by atoms with Crippen LogP contribution in [0.1, 0.15) is 45.9 Å². The van der Waals surface area contributed by atoms with Crippen LogP contribution in [-0.2, 0) is 20.0 Å². The van der Waals surface area contributed by atoms with E-state index >= 15 is 0 Å². The molecule has 9 heteroatoms. The van der Waals surface area contributed by atoms with Gasteiger partial charge < -0.3 is 14.8 Å². The minimum absolute atomic E-state index is 0.0218. The lowest BCUT2D eigenvalue weighted by Crippen LogP contribution is -2.46. The zero-order valence-corrected chi connectivity index (χ0v) is 18.4. The number of nitrogens with zero attached hydrogens (tertiary/aromatic N) is 2. The first kappa shape index (κ1) is 20.7. The topological polar surface area (TPSA) is 99.5 Å². The summed E-state index contributed by atoms with van der Waals surface area (Å²) in [5.74, 6) is 1.38. The van der Waals surface area contributed by atoms with E-state index in [0.29, 0.717) is 23.7 Å². The number of nitrogens with one attached hydrogen (secondary N) is 1. The van der Waals surface area contributed by atoms with Crippen LogP contribution in [0.4, 0.5) is 5.82 Å². The van der Waals surface area contributed by atoms with Gasteiger partial charge in [-0.15, -0.1) is 0 Å². The molecule has 1 aromatic carbocycles. The SMILES string of the molecule is CC1Oc2ccccc2OC1C(=O)Nc1cc(C(C)(C)C)nn1C1CCS(=O)(=O)C1. The number of anilines is 1. The molecule has 1 amide bonds. The maximum Gasteiger partial charge on any atom is 0.270 e. The fourth-order valence-electron chi connectivity index (χ4n) is 3.70. The highest BCUT2D eigenvalue weighted by molar-refractivity contribution is 7.91. The second-order valence-electron chi connectivity index (χ2n) is 8.96. The summed E-state index contributed by atoms with van der Waals surface area (Å²) < 4.78 is 37.4. The highest BCUT2D eigenvalue weighted by atomic mass is 32.2. The van der Waals surface area contributed by atoms with Gasteiger partial charge in [-0.05, 0) is 25.5 Å². The Morgan fingerprint density at radius 2 is 1.87 bits per heavy atom. The molecule has 0 aliphatic carbocycles. The summed E-state index contributed by atoms with van der Waals surface area (Å²) in [7, 11) is -3.10. The number of ether oxygens (including phenoxy) is 2. The number of aromatic nitrogens is 2. The van der Waals surface area contributed by atoms with Crippen molar-refractivity contribution in [1.82, 2.24) is 9.78 Å². The van der Waals surface area contributed by atoms with Crippen LogP contribution in [0.25, 0.3) is 0 Å². The Kier molecular flexibility index (Phi) is 5.04. The van der Waals surface area contributed by atoms with E-state index in [1.807, 2.05) is 39.0 Å². The molecule has 30 heavy (non-hydrogen) atoms. The number of hydrogen-bond acceptors (Lipinski definition) is 6. The molecule has 4 rings (SSSR count). The Morgan fingerprint density at radius 3 is 2.47 bits per heavy atom. The van der Waals surface area contributed by atoms with Crippen LogP contribution in [0, 0.1) is 0 Å². The third-order valence-electron chi connectivity index (χ3n) is 5.41. The third-order valence-corrected chi connectivity index (χ3v) is 7.16. The number of benzene rings is 1. The minimum Gasteiger partial charge on any atom is -0.482 e. The lowest BCUT2D eigenvalue weighted by Gasteiger charge is -2.31. The Bertz CT molecular complexity index is 1070. The molecule has 0 spiro atoms. The van der Waals surface area contributed by atoms with Crippen molar-refractivity contribution in [3.8, 4) is 11.5 Å². The average molecular weight is 434 g/mol. The van der Waals surface area contributed by atoms with Gasteiger partial charge in [0.25, 0.3) is 5.91 Å². The molecule has 3 unspecified atom stereocenters. The minimum atomic E-state index is -3.10. The molecule has 3 atom stereocenters. The van der Waals surface area contributed by atoms with Crippen molar-refractivity contribution >= 4 is 21.6 Å². The smallest absolute Gasteiger partial charge is 0.270 e. The molecule has 1 saturated heterocycles. The molecule has 1 fully saturated rings. The molecule has 0 radical (unpaired) electrons. The summed E-state index contributed by atoms with van der Waals surface area (Å²) in [5, 5.41) is 7.55. The highest BCUT2D eigenvalue weighted by Gasteiger charge is 2.37. The lowest BCUT2D eigenvalue weighted by molar-refractivity contribution is -0.128. The van der Waals surface area contributed by atoms with E-state index in [2.05, 4.69) is 10.4 Å². The fourth-order valence-corrected chi connectivity index (χ4v) is 5.40. The molecular weight excluding hydrogens is 406 g/mol. The molecule has 2 aliphatic heterocycles. The van der Waals surface area contributed by atoms with Gasteiger partial charge in [-0.25, -0.2) is 13.1 Å². The normalized spacial score (nSPS) is 25.1. The Labute approximate surface area is 176 Å². The van der Waals surface area contributed by atoms with E-state index in [-0.39, 0.29) is 28.9 Å². The van der Waals surface area contributed by atoms with Crippen LogP contribution in [0.2, 0.25) is 0 Å². The van der Waals surface area contributed by atoms with Gasteiger partial charge >= 0.3 is 0 Å². The summed E-state index contributed by atoms with van der Waals surface area (Å²) in [5.41, 5.74) is 0.528.